The molecule has 0 aromatic carbocycles. The minimum atomic E-state index is -1.35. The summed E-state index contributed by atoms with van der Waals surface area (Å²) in [5, 5.41) is 18.3. The predicted molar refractivity (Wildman–Crippen MR) is 47.9 cm³/mol. The van der Waals surface area contributed by atoms with Crippen LogP contribution in [0.3, 0.4) is 0 Å². The van der Waals surface area contributed by atoms with Gasteiger partial charge in [0.2, 0.25) is 0 Å². The van der Waals surface area contributed by atoms with Gasteiger partial charge in [-0.2, -0.15) is 0 Å². The molecular weight excluding hydrogens is 192 g/mol. The monoisotopic (exact) mass is 206 g/mol. The lowest BCUT2D eigenvalue weighted by Crippen LogP contribution is -2.36. The molecule has 0 aliphatic heterocycles. The number of Topliss-reactive ketones (excluding diaryl/α,β-unsaturated/α-hetero) is 1. The molecule has 0 aliphatic carbocycles. The summed E-state index contributed by atoms with van der Waals surface area (Å²) in [6.45, 7) is 1.18. The molecule has 7 heteroatoms. The van der Waals surface area contributed by atoms with Crippen LogP contribution >= 0.6 is 0 Å². The van der Waals surface area contributed by atoms with Crippen molar-refractivity contribution in [2.45, 2.75) is 13.0 Å². The molecule has 0 rings (SSSR count). The van der Waals surface area contributed by atoms with Crippen LogP contribution in [0.25, 0.3) is 0 Å². The van der Waals surface area contributed by atoms with E-state index >= 15 is 0 Å². The summed E-state index contributed by atoms with van der Waals surface area (Å²) in [7, 11) is 1.59. The normalized spacial score (nSPS) is 10.8. The Morgan fingerprint density at radius 1 is 1.36 bits per heavy atom. The van der Waals surface area contributed by atoms with Gasteiger partial charge in [-0.3, -0.25) is 14.4 Å². The molecule has 7 nitrogen and oxygen atoms in total. The van der Waals surface area contributed by atoms with E-state index < -0.39 is 23.8 Å². The van der Waals surface area contributed by atoms with Crippen molar-refractivity contribution in [1.29, 1.82) is 0 Å². The number of likely N-dealkylation sites (N-methyl/N-ethyl adjacent to an activating group) is 1. The maximum absolute atomic E-state index is 10.1. The third kappa shape index (κ3) is 10.5. The molecule has 0 heterocycles. The van der Waals surface area contributed by atoms with Crippen LogP contribution < -0.4 is 11.1 Å². The highest BCUT2D eigenvalue weighted by Gasteiger charge is 2.15. The molecular formula is C7H14N2O5. The molecule has 82 valence electrons. The summed E-state index contributed by atoms with van der Waals surface area (Å²) < 4.78 is 0. The number of hydrogen-bond acceptors (Lipinski definition) is 5. The maximum Gasteiger partial charge on any atom is 0.328 e. The van der Waals surface area contributed by atoms with Crippen molar-refractivity contribution in [2.75, 3.05) is 13.6 Å². The number of carboxylic acids is 2. The van der Waals surface area contributed by atoms with Crippen LogP contribution in [0.4, 0.5) is 0 Å². The third-order valence-electron chi connectivity index (χ3n) is 1.03. The molecule has 0 aliphatic rings. The van der Waals surface area contributed by atoms with Crippen LogP contribution in [0.5, 0.6) is 0 Å². The Hall–Kier alpha value is -1.47. The molecule has 1 unspecified atom stereocenters. The lowest BCUT2D eigenvalue weighted by Gasteiger charge is -1.96. The molecule has 0 aromatic rings. The number of hydrogen-bond donors (Lipinski definition) is 4. The first-order chi connectivity index (χ1) is 6.32. The number of ketones is 1. The Morgan fingerprint density at radius 3 is 1.79 bits per heavy atom. The van der Waals surface area contributed by atoms with E-state index in [4.69, 9.17) is 15.9 Å². The van der Waals surface area contributed by atoms with E-state index in [-0.39, 0.29) is 6.54 Å². The average molecular weight is 206 g/mol. The number of carbonyl (C=O) groups is 3. The third-order valence-corrected chi connectivity index (χ3v) is 1.03. The van der Waals surface area contributed by atoms with Gasteiger partial charge in [0.05, 0.1) is 6.54 Å². The zero-order valence-electron chi connectivity index (χ0n) is 7.98. The molecule has 0 bridgehead atoms. The van der Waals surface area contributed by atoms with Gasteiger partial charge in [0.1, 0.15) is 0 Å². The van der Waals surface area contributed by atoms with Gasteiger partial charge < -0.3 is 21.3 Å². The van der Waals surface area contributed by atoms with Crippen LogP contribution in [-0.2, 0) is 14.4 Å². The van der Waals surface area contributed by atoms with Crippen molar-refractivity contribution in [1.82, 2.24) is 5.32 Å². The molecule has 14 heavy (non-hydrogen) atoms. The quantitative estimate of drug-likeness (QED) is 0.402. The second kappa shape index (κ2) is 8.14. The van der Waals surface area contributed by atoms with Gasteiger partial charge in [0.15, 0.2) is 11.8 Å². The number of nitrogens with two attached hydrogens (primary N) is 1. The minimum absolute atomic E-state index is 0.0417. The lowest BCUT2D eigenvalue weighted by atomic mass is 10.2. The molecule has 0 aromatic heterocycles. The van der Waals surface area contributed by atoms with Crippen LogP contribution in [-0.4, -0.2) is 47.6 Å². The van der Waals surface area contributed by atoms with E-state index in [1.165, 1.54) is 0 Å². The summed E-state index contributed by atoms with van der Waals surface area (Å²) in [6, 6.07) is -1.35. The molecule has 5 N–H and O–H groups in total. The van der Waals surface area contributed by atoms with Crippen molar-refractivity contribution >= 4 is 17.7 Å². The Morgan fingerprint density at radius 2 is 1.79 bits per heavy atom. The lowest BCUT2D eigenvalue weighted by molar-refractivity contribution is -0.141. The Labute approximate surface area is 80.9 Å². The van der Waals surface area contributed by atoms with E-state index in [0.717, 1.165) is 6.92 Å². The standard InChI is InChI=1S/C4H7NO3.C3H7NO2/c1-2(6)3(5)4(7)8;1-4-2-3(5)6/h3H,5H2,1H3,(H,7,8);4H,2H2,1H3,(H,5,6). The number of aliphatic carboxylic acids is 2. The van der Waals surface area contributed by atoms with E-state index in [9.17, 15) is 14.4 Å². The minimum Gasteiger partial charge on any atom is -0.480 e. The summed E-state index contributed by atoms with van der Waals surface area (Å²) in [6.07, 6.45) is 0. The number of carbonyl (C=O) groups excluding carboxylic acids is 1. The van der Waals surface area contributed by atoms with Crippen molar-refractivity contribution in [3.63, 3.8) is 0 Å². The zero-order chi connectivity index (χ0) is 11.7. The van der Waals surface area contributed by atoms with Gasteiger partial charge in [-0.15, -0.1) is 0 Å². The molecule has 0 fully saturated rings. The largest absolute Gasteiger partial charge is 0.480 e. The van der Waals surface area contributed by atoms with Crippen molar-refractivity contribution in [2.24, 2.45) is 5.73 Å². The van der Waals surface area contributed by atoms with Crippen LogP contribution in [0.15, 0.2) is 0 Å². The predicted octanol–water partition coefficient (Wildman–Crippen LogP) is -1.72. The second-order valence-corrected chi connectivity index (χ2v) is 2.35. The van der Waals surface area contributed by atoms with E-state index in [0.29, 0.717) is 0 Å². The number of rotatable bonds is 4. The highest BCUT2D eigenvalue weighted by Crippen LogP contribution is 1.77. The first-order valence-corrected chi connectivity index (χ1v) is 3.68. The van der Waals surface area contributed by atoms with Gasteiger partial charge in [-0.05, 0) is 14.0 Å². The first kappa shape index (κ1) is 15.0. The van der Waals surface area contributed by atoms with Crippen molar-refractivity contribution < 1.29 is 24.6 Å². The number of nitrogens with one attached hydrogen (secondary N) is 1. The average Bonchev–Trinajstić information content (AvgIpc) is 2.03. The molecule has 0 radical (unpaired) electrons. The summed E-state index contributed by atoms with van der Waals surface area (Å²) in [4.78, 5) is 29.4. The van der Waals surface area contributed by atoms with Crippen molar-refractivity contribution in [3.05, 3.63) is 0 Å². The molecule has 0 saturated carbocycles. The molecule has 0 saturated heterocycles. The van der Waals surface area contributed by atoms with Gasteiger partial charge in [0.25, 0.3) is 0 Å². The second-order valence-electron chi connectivity index (χ2n) is 2.35. The zero-order valence-corrected chi connectivity index (χ0v) is 7.98. The van der Waals surface area contributed by atoms with Gasteiger partial charge in [-0.1, -0.05) is 0 Å². The molecule has 0 spiro atoms. The first-order valence-electron chi connectivity index (χ1n) is 3.68. The molecule has 0 amide bonds. The summed E-state index contributed by atoms with van der Waals surface area (Å²) in [5.74, 6) is -2.63. The fraction of sp³-hybridized carbons (Fsp3) is 0.571. The van der Waals surface area contributed by atoms with E-state index in [1.807, 2.05) is 0 Å². The van der Waals surface area contributed by atoms with Gasteiger partial charge in [0, 0.05) is 0 Å². The summed E-state index contributed by atoms with van der Waals surface area (Å²) in [5.41, 5.74) is 4.81. The number of carboxylic acid groups (broad SMARTS) is 2. The Balaban J connectivity index is 0. The van der Waals surface area contributed by atoms with Gasteiger partial charge >= 0.3 is 11.9 Å². The highest BCUT2D eigenvalue weighted by molar-refractivity contribution is 6.00. The fourth-order valence-corrected chi connectivity index (χ4v) is 0.325. The SMILES string of the molecule is CC(=O)C(N)C(=O)O.CNCC(=O)O. The van der Waals surface area contributed by atoms with E-state index in [2.05, 4.69) is 5.32 Å². The fourth-order valence-electron chi connectivity index (χ4n) is 0.325. The van der Waals surface area contributed by atoms with Crippen molar-refractivity contribution in [3.8, 4) is 0 Å². The Bertz CT molecular complexity index is 202. The summed E-state index contributed by atoms with van der Waals surface area (Å²) >= 11 is 0. The Kier molecular flexibility index (Phi) is 8.74. The molecule has 1 atom stereocenters. The van der Waals surface area contributed by atoms with Gasteiger partial charge in [-0.25, -0.2) is 0 Å². The highest BCUT2D eigenvalue weighted by atomic mass is 16.4. The van der Waals surface area contributed by atoms with Crippen LogP contribution in [0.2, 0.25) is 0 Å². The smallest absolute Gasteiger partial charge is 0.328 e. The maximum atomic E-state index is 10.1. The van der Waals surface area contributed by atoms with E-state index in [1.54, 1.807) is 7.05 Å². The topological polar surface area (TPSA) is 130 Å². The van der Waals surface area contributed by atoms with Crippen LogP contribution in [0, 0.1) is 0 Å². The van der Waals surface area contributed by atoms with Crippen LogP contribution in [0.1, 0.15) is 6.92 Å².